The molecule has 2 heterocycles. The summed E-state index contributed by atoms with van der Waals surface area (Å²) in [4.78, 5) is 6.87. The second-order valence-electron chi connectivity index (χ2n) is 4.84. The molecule has 1 aliphatic heterocycles. The average molecular weight is 252 g/mol. The lowest BCUT2D eigenvalue weighted by atomic mass is 10.0. The molecule has 4 nitrogen and oxygen atoms in total. The molecule has 0 aromatic carbocycles. The van der Waals surface area contributed by atoms with Gasteiger partial charge in [0.1, 0.15) is 11.5 Å². The third-order valence-electron chi connectivity index (χ3n) is 3.21. The predicted octanol–water partition coefficient (Wildman–Crippen LogP) is 1.70. The number of amidine groups is 1. The Morgan fingerprint density at radius 1 is 1.71 bits per heavy atom. The third-order valence-corrected chi connectivity index (χ3v) is 4.12. The van der Waals surface area contributed by atoms with E-state index in [1.165, 1.54) is 25.9 Å². The van der Waals surface area contributed by atoms with Gasteiger partial charge in [0.25, 0.3) is 0 Å². The van der Waals surface area contributed by atoms with Crippen LogP contribution in [0.3, 0.4) is 0 Å². The van der Waals surface area contributed by atoms with Crippen molar-refractivity contribution in [3.8, 4) is 0 Å². The number of piperidine rings is 1. The van der Waals surface area contributed by atoms with Gasteiger partial charge in [-0.15, -0.1) is 11.3 Å². The highest BCUT2D eigenvalue weighted by molar-refractivity contribution is 7.09. The smallest absolute Gasteiger partial charge is 0.142 e. The highest BCUT2D eigenvalue weighted by Crippen LogP contribution is 2.16. The van der Waals surface area contributed by atoms with Crippen LogP contribution in [0.4, 0.5) is 0 Å². The fourth-order valence-electron chi connectivity index (χ4n) is 2.29. The van der Waals surface area contributed by atoms with E-state index < -0.39 is 0 Å². The van der Waals surface area contributed by atoms with Crippen molar-refractivity contribution in [2.24, 2.45) is 11.7 Å². The summed E-state index contributed by atoms with van der Waals surface area (Å²) in [6, 6.07) is 0. The molecule has 3 N–H and O–H groups in total. The van der Waals surface area contributed by atoms with Crippen molar-refractivity contribution in [1.82, 2.24) is 9.88 Å². The standard InChI is InChI=1S/C12H20N4S/c1-9-3-2-5-16(7-9)6-4-11-15-10(8-17-11)12(13)14/h8-9H,2-7H2,1H3,(H3,13,14). The molecule has 1 atom stereocenters. The third kappa shape index (κ3) is 3.51. The van der Waals surface area contributed by atoms with Crippen molar-refractivity contribution in [3.05, 3.63) is 16.1 Å². The van der Waals surface area contributed by atoms with Gasteiger partial charge in [0.05, 0.1) is 5.01 Å². The number of aromatic nitrogens is 1. The van der Waals surface area contributed by atoms with Crippen molar-refractivity contribution in [2.45, 2.75) is 26.2 Å². The van der Waals surface area contributed by atoms with Crippen LogP contribution < -0.4 is 5.73 Å². The summed E-state index contributed by atoms with van der Waals surface area (Å²) in [5.41, 5.74) is 6.02. The molecule has 1 aliphatic rings. The van der Waals surface area contributed by atoms with Gasteiger partial charge in [-0.1, -0.05) is 6.92 Å². The monoisotopic (exact) mass is 252 g/mol. The lowest BCUT2D eigenvalue weighted by molar-refractivity contribution is 0.186. The molecule has 0 saturated carbocycles. The van der Waals surface area contributed by atoms with E-state index in [1.807, 2.05) is 5.38 Å². The lowest BCUT2D eigenvalue weighted by Gasteiger charge is -2.30. The van der Waals surface area contributed by atoms with Crippen LogP contribution in [0.25, 0.3) is 0 Å². The van der Waals surface area contributed by atoms with Crippen molar-refractivity contribution in [3.63, 3.8) is 0 Å². The van der Waals surface area contributed by atoms with E-state index in [-0.39, 0.29) is 5.84 Å². The van der Waals surface area contributed by atoms with Gasteiger partial charge in [-0.05, 0) is 25.3 Å². The Kier molecular flexibility index (Phi) is 4.12. The Bertz CT molecular complexity index is 388. The molecular formula is C12H20N4S. The molecule has 0 spiro atoms. The number of nitrogens with zero attached hydrogens (tertiary/aromatic N) is 2. The molecule has 0 bridgehead atoms. The molecule has 1 unspecified atom stereocenters. The van der Waals surface area contributed by atoms with Crippen LogP contribution >= 0.6 is 11.3 Å². The average Bonchev–Trinajstić information content (AvgIpc) is 2.75. The number of nitrogens with one attached hydrogen (secondary N) is 1. The Morgan fingerprint density at radius 2 is 2.53 bits per heavy atom. The number of rotatable bonds is 4. The molecule has 0 aliphatic carbocycles. The van der Waals surface area contributed by atoms with Crippen LogP contribution in [0.1, 0.15) is 30.5 Å². The fourth-order valence-corrected chi connectivity index (χ4v) is 3.08. The van der Waals surface area contributed by atoms with Crippen LogP contribution in [0.15, 0.2) is 5.38 Å². The summed E-state index contributed by atoms with van der Waals surface area (Å²) in [5.74, 6) is 0.895. The summed E-state index contributed by atoms with van der Waals surface area (Å²) in [6.45, 7) is 5.83. The summed E-state index contributed by atoms with van der Waals surface area (Å²) < 4.78 is 0. The molecule has 1 aromatic rings. The van der Waals surface area contributed by atoms with E-state index >= 15 is 0 Å². The zero-order valence-electron chi connectivity index (χ0n) is 10.3. The normalized spacial score (nSPS) is 21.6. The predicted molar refractivity (Wildman–Crippen MR) is 71.7 cm³/mol. The van der Waals surface area contributed by atoms with E-state index in [9.17, 15) is 0 Å². The quantitative estimate of drug-likeness (QED) is 0.633. The fraction of sp³-hybridized carbons (Fsp3) is 0.667. The molecule has 0 amide bonds. The van der Waals surface area contributed by atoms with Gasteiger partial charge in [0, 0.05) is 24.9 Å². The Hall–Kier alpha value is -0.940. The SMILES string of the molecule is CC1CCCN(CCc2nc(C(=N)N)cs2)C1. The topological polar surface area (TPSA) is 66.0 Å². The molecule has 1 fully saturated rings. The number of nitrogens with two attached hydrogens (primary N) is 1. The number of nitrogen functional groups attached to an aromatic ring is 1. The Balaban J connectivity index is 1.82. The van der Waals surface area contributed by atoms with Crippen molar-refractivity contribution >= 4 is 17.2 Å². The van der Waals surface area contributed by atoms with Gasteiger partial charge >= 0.3 is 0 Å². The summed E-state index contributed by atoms with van der Waals surface area (Å²) in [7, 11) is 0. The maximum Gasteiger partial charge on any atom is 0.142 e. The minimum Gasteiger partial charge on any atom is -0.382 e. The molecule has 0 radical (unpaired) electrons. The summed E-state index contributed by atoms with van der Waals surface area (Å²) >= 11 is 1.61. The van der Waals surface area contributed by atoms with Crippen LogP contribution in [-0.4, -0.2) is 35.4 Å². The van der Waals surface area contributed by atoms with Crippen LogP contribution in [-0.2, 0) is 6.42 Å². The van der Waals surface area contributed by atoms with E-state index in [0.717, 1.165) is 23.9 Å². The lowest BCUT2D eigenvalue weighted by Crippen LogP contribution is -2.35. The minimum atomic E-state index is 0.0686. The van der Waals surface area contributed by atoms with Gasteiger partial charge in [-0.3, -0.25) is 5.41 Å². The van der Waals surface area contributed by atoms with Gasteiger partial charge in [-0.2, -0.15) is 0 Å². The van der Waals surface area contributed by atoms with E-state index in [2.05, 4.69) is 16.8 Å². The van der Waals surface area contributed by atoms with Gasteiger partial charge in [0.15, 0.2) is 0 Å². The van der Waals surface area contributed by atoms with E-state index in [1.54, 1.807) is 11.3 Å². The van der Waals surface area contributed by atoms with Crippen molar-refractivity contribution in [1.29, 1.82) is 5.41 Å². The molecular weight excluding hydrogens is 232 g/mol. The maximum atomic E-state index is 7.31. The van der Waals surface area contributed by atoms with Crippen molar-refractivity contribution in [2.75, 3.05) is 19.6 Å². The molecule has 94 valence electrons. The Labute approximate surface area is 106 Å². The van der Waals surface area contributed by atoms with E-state index in [4.69, 9.17) is 11.1 Å². The van der Waals surface area contributed by atoms with Crippen LogP contribution in [0, 0.1) is 11.3 Å². The number of thiazole rings is 1. The number of likely N-dealkylation sites (tertiary alicyclic amines) is 1. The molecule has 2 rings (SSSR count). The molecule has 1 aromatic heterocycles. The highest BCUT2D eigenvalue weighted by Gasteiger charge is 2.16. The highest BCUT2D eigenvalue weighted by atomic mass is 32.1. The van der Waals surface area contributed by atoms with E-state index in [0.29, 0.717) is 5.69 Å². The second kappa shape index (κ2) is 5.60. The first-order chi connectivity index (χ1) is 8.15. The van der Waals surface area contributed by atoms with Gasteiger partial charge < -0.3 is 10.6 Å². The molecule has 1 saturated heterocycles. The van der Waals surface area contributed by atoms with Crippen LogP contribution in [0.5, 0.6) is 0 Å². The first-order valence-electron chi connectivity index (χ1n) is 6.16. The maximum absolute atomic E-state index is 7.31. The second-order valence-corrected chi connectivity index (χ2v) is 5.78. The zero-order valence-corrected chi connectivity index (χ0v) is 11.1. The summed E-state index contributed by atoms with van der Waals surface area (Å²) in [6.07, 6.45) is 3.66. The largest absolute Gasteiger partial charge is 0.382 e. The minimum absolute atomic E-state index is 0.0686. The first kappa shape index (κ1) is 12.5. The molecule has 17 heavy (non-hydrogen) atoms. The van der Waals surface area contributed by atoms with Crippen LogP contribution in [0.2, 0.25) is 0 Å². The van der Waals surface area contributed by atoms with Crippen molar-refractivity contribution < 1.29 is 0 Å². The van der Waals surface area contributed by atoms with Gasteiger partial charge in [-0.25, -0.2) is 4.98 Å². The van der Waals surface area contributed by atoms with Gasteiger partial charge in [0.2, 0.25) is 0 Å². The number of hydrogen-bond acceptors (Lipinski definition) is 4. The Morgan fingerprint density at radius 3 is 3.18 bits per heavy atom. The first-order valence-corrected chi connectivity index (χ1v) is 7.04. The number of hydrogen-bond donors (Lipinski definition) is 2. The molecule has 5 heteroatoms. The summed E-state index contributed by atoms with van der Waals surface area (Å²) in [5, 5.41) is 10.3. The zero-order chi connectivity index (χ0) is 12.3.